The zero-order chi connectivity index (χ0) is 16.8. The summed E-state index contributed by atoms with van der Waals surface area (Å²) >= 11 is 0. The lowest BCUT2D eigenvalue weighted by Gasteiger charge is -2.26. The van der Waals surface area contributed by atoms with Crippen molar-refractivity contribution in [2.24, 2.45) is 11.8 Å². The maximum Gasteiger partial charge on any atom is 0.323 e. The van der Waals surface area contributed by atoms with Crippen molar-refractivity contribution in [2.45, 2.75) is 39.0 Å². The van der Waals surface area contributed by atoms with E-state index in [2.05, 4.69) is 29.7 Å². The fourth-order valence-corrected chi connectivity index (χ4v) is 3.41. The number of benzene rings is 2. The Morgan fingerprint density at radius 1 is 0.875 bits per heavy atom. The maximum atomic E-state index is 12.0. The molecule has 0 spiro atoms. The Labute approximate surface area is 144 Å². The molecule has 126 valence electrons. The first-order valence-corrected chi connectivity index (χ1v) is 8.91. The first-order valence-electron chi connectivity index (χ1n) is 8.91. The number of para-hydroxylation sites is 1. The third-order valence-electron chi connectivity index (χ3n) is 4.90. The van der Waals surface area contributed by atoms with Crippen molar-refractivity contribution in [3.63, 3.8) is 0 Å². The van der Waals surface area contributed by atoms with E-state index in [9.17, 15) is 4.79 Å². The van der Waals surface area contributed by atoms with Crippen LogP contribution in [0.2, 0.25) is 0 Å². The first-order chi connectivity index (χ1) is 11.7. The highest BCUT2D eigenvalue weighted by atomic mass is 16.2. The molecule has 3 rings (SSSR count). The molecule has 3 heteroatoms. The van der Waals surface area contributed by atoms with Gasteiger partial charge in [-0.1, -0.05) is 50.1 Å². The Bertz CT molecular complexity index is 643. The van der Waals surface area contributed by atoms with E-state index < -0.39 is 0 Å². The lowest BCUT2D eigenvalue weighted by molar-refractivity contribution is 0.262. The molecule has 0 radical (unpaired) electrons. The van der Waals surface area contributed by atoms with Crippen LogP contribution in [0.25, 0.3) is 0 Å². The summed E-state index contributed by atoms with van der Waals surface area (Å²) in [6, 6.07) is 17.5. The van der Waals surface area contributed by atoms with Gasteiger partial charge in [0.25, 0.3) is 0 Å². The zero-order valence-corrected chi connectivity index (χ0v) is 14.3. The van der Waals surface area contributed by atoms with Crippen LogP contribution in [0.5, 0.6) is 0 Å². The van der Waals surface area contributed by atoms with E-state index >= 15 is 0 Å². The quantitative estimate of drug-likeness (QED) is 0.745. The molecule has 0 unspecified atom stereocenters. The maximum absolute atomic E-state index is 12.0. The first kappa shape index (κ1) is 16.6. The van der Waals surface area contributed by atoms with Crippen LogP contribution in [-0.2, 0) is 6.42 Å². The molecule has 0 atom stereocenters. The van der Waals surface area contributed by atoms with Gasteiger partial charge in [-0.15, -0.1) is 0 Å². The number of rotatable bonds is 4. The second-order valence-corrected chi connectivity index (χ2v) is 6.97. The largest absolute Gasteiger partial charge is 0.323 e. The van der Waals surface area contributed by atoms with E-state index in [4.69, 9.17) is 0 Å². The fourth-order valence-electron chi connectivity index (χ4n) is 3.41. The van der Waals surface area contributed by atoms with Crippen molar-refractivity contribution in [2.75, 3.05) is 10.6 Å². The summed E-state index contributed by atoms with van der Waals surface area (Å²) in [5.41, 5.74) is 2.98. The third kappa shape index (κ3) is 4.85. The number of anilines is 2. The number of carbonyl (C=O) groups is 1. The van der Waals surface area contributed by atoms with Crippen molar-refractivity contribution in [3.05, 3.63) is 60.2 Å². The average molecular weight is 322 g/mol. The van der Waals surface area contributed by atoms with Gasteiger partial charge >= 0.3 is 6.03 Å². The molecular formula is C21H26N2O. The van der Waals surface area contributed by atoms with Gasteiger partial charge in [-0.25, -0.2) is 4.79 Å². The molecule has 1 fully saturated rings. The Balaban J connectivity index is 1.50. The Hall–Kier alpha value is -2.29. The number of amides is 2. The molecule has 0 bridgehead atoms. The summed E-state index contributed by atoms with van der Waals surface area (Å²) in [6.45, 7) is 2.36. The van der Waals surface area contributed by atoms with Crippen molar-refractivity contribution in [1.82, 2.24) is 0 Å². The van der Waals surface area contributed by atoms with E-state index in [-0.39, 0.29) is 6.03 Å². The minimum absolute atomic E-state index is 0.213. The average Bonchev–Trinajstić information content (AvgIpc) is 2.59. The van der Waals surface area contributed by atoms with Gasteiger partial charge in [0, 0.05) is 11.4 Å². The van der Waals surface area contributed by atoms with Gasteiger partial charge in [0.2, 0.25) is 0 Å². The Morgan fingerprint density at radius 3 is 2.08 bits per heavy atom. The van der Waals surface area contributed by atoms with E-state index in [1.165, 1.54) is 31.2 Å². The number of hydrogen-bond donors (Lipinski definition) is 2. The molecule has 0 heterocycles. The van der Waals surface area contributed by atoms with Crippen LogP contribution in [0, 0.1) is 11.8 Å². The lowest BCUT2D eigenvalue weighted by Crippen LogP contribution is -2.19. The summed E-state index contributed by atoms with van der Waals surface area (Å²) in [4.78, 5) is 12.0. The summed E-state index contributed by atoms with van der Waals surface area (Å²) in [6.07, 6.45) is 6.58. The van der Waals surface area contributed by atoms with Gasteiger partial charge in [-0.2, -0.15) is 0 Å². The number of carbonyl (C=O) groups excluding carboxylic acids is 1. The molecule has 0 saturated heterocycles. The highest BCUT2D eigenvalue weighted by molar-refractivity contribution is 5.99. The molecule has 2 aromatic carbocycles. The van der Waals surface area contributed by atoms with Crippen LogP contribution < -0.4 is 10.6 Å². The van der Waals surface area contributed by atoms with Crippen molar-refractivity contribution in [3.8, 4) is 0 Å². The standard InChI is InChI=1S/C21H26N2O/c1-16-7-9-17(10-8-16)15-18-11-13-20(14-12-18)23-21(24)22-19-5-3-2-4-6-19/h2-6,11-14,16-17H,7-10,15H2,1H3,(H2,22,23,24). The minimum Gasteiger partial charge on any atom is -0.308 e. The van der Waals surface area contributed by atoms with E-state index in [0.29, 0.717) is 0 Å². The molecule has 2 aromatic rings. The molecular weight excluding hydrogens is 296 g/mol. The summed E-state index contributed by atoms with van der Waals surface area (Å²) in [5.74, 6) is 1.72. The highest BCUT2D eigenvalue weighted by Crippen LogP contribution is 2.30. The van der Waals surface area contributed by atoms with E-state index in [1.807, 2.05) is 42.5 Å². The Morgan fingerprint density at radius 2 is 1.46 bits per heavy atom. The normalized spacial score (nSPS) is 20.4. The molecule has 1 aliphatic rings. The highest BCUT2D eigenvalue weighted by Gasteiger charge is 2.18. The summed E-state index contributed by atoms with van der Waals surface area (Å²) in [5, 5.41) is 5.70. The van der Waals surface area contributed by atoms with Crippen molar-refractivity contribution in [1.29, 1.82) is 0 Å². The predicted molar refractivity (Wildman–Crippen MR) is 100 cm³/mol. The lowest BCUT2D eigenvalue weighted by atomic mass is 9.80. The number of nitrogens with one attached hydrogen (secondary N) is 2. The topological polar surface area (TPSA) is 41.1 Å². The van der Waals surface area contributed by atoms with Gasteiger partial charge in [-0.3, -0.25) is 0 Å². The molecule has 24 heavy (non-hydrogen) atoms. The monoisotopic (exact) mass is 322 g/mol. The predicted octanol–water partition coefficient (Wildman–Crippen LogP) is 5.70. The van der Waals surface area contributed by atoms with Crippen LogP contribution in [0.1, 0.15) is 38.2 Å². The molecule has 3 nitrogen and oxygen atoms in total. The SMILES string of the molecule is CC1CCC(Cc2ccc(NC(=O)Nc3ccccc3)cc2)CC1. The fraction of sp³-hybridized carbons (Fsp3) is 0.381. The molecule has 0 aromatic heterocycles. The van der Waals surface area contributed by atoms with Gasteiger partial charge in [-0.05, 0) is 60.9 Å². The van der Waals surface area contributed by atoms with Crippen LogP contribution >= 0.6 is 0 Å². The minimum atomic E-state index is -0.213. The molecule has 0 aliphatic heterocycles. The third-order valence-corrected chi connectivity index (χ3v) is 4.90. The Kier molecular flexibility index (Phi) is 5.52. The molecule has 2 amide bonds. The molecule has 1 saturated carbocycles. The van der Waals surface area contributed by atoms with Crippen LogP contribution in [-0.4, -0.2) is 6.03 Å². The smallest absolute Gasteiger partial charge is 0.308 e. The van der Waals surface area contributed by atoms with E-state index in [1.54, 1.807) is 0 Å². The van der Waals surface area contributed by atoms with Crippen LogP contribution in [0.15, 0.2) is 54.6 Å². The van der Waals surface area contributed by atoms with Gasteiger partial charge < -0.3 is 10.6 Å². The summed E-state index contributed by atoms with van der Waals surface area (Å²) in [7, 11) is 0. The summed E-state index contributed by atoms with van der Waals surface area (Å²) < 4.78 is 0. The molecule has 2 N–H and O–H groups in total. The second-order valence-electron chi connectivity index (χ2n) is 6.97. The van der Waals surface area contributed by atoms with Gasteiger partial charge in [0.1, 0.15) is 0 Å². The van der Waals surface area contributed by atoms with Gasteiger partial charge in [0.15, 0.2) is 0 Å². The van der Waals surface area contributed by atoms with Crippen LogP contribution in [0.3, 0.4) is 0 Å². The molecule has 1 aliphatic carbocycles. The van der Waals surface area contributed by atoms with Gasteiger partial charge in [0.05, 0.1) is 0 Å². The second kappa shape index (κ2) is 8.00. The zero-order valence-electron chi connectivity index (χ0n) is 14.3. The van der Waals surface area contributed by atoms with E-state index in [0.717, 1.165) is 29.6 Å². The number of hydrogen-bond acceptors (Lipinski definition) is 1. The van der Waals surface area contributed by atoms with Crippen molar-refractivity contribution < 1.29 is 4.79 Å². The van der Waals surface area contributed by atoms with Crippen LogP contribution in [0.4, 0.5) is 16.2 Å². The number of urea groups is 1. The van der Waals surface area contributed by atoms with Crippen molar-refractivity contribution >= 4 is 17.4 Å².